The molecule has 25 heavy (non-hydrogen) atoms. The third-order valence-electron chi connectivity index (χ3n) is 5.90. The van der Waals surface area contributed by atoms with Crippen molar-refractivity contribution in [3.8, 4) is 5.75 Å². The summed E-state index contributed by atoms with van der Waals surface area (Å²) in [6, 6.07) is 7.63. The van der Waals surface area contributed by atoms with Crippen LogP contribution < -0.4 is 4.74 Å². The van der Waals surface area contributed by atoms with E-state index in [2.05, 4.69) is 18.7 Å². The first-order valence-corrected chi connectivity index (χ1v) is 9.68. The molecule has 1 heterocycles. The van der Waals surface area contributed by atoms with Gasteiger partial charge in [0.2, 0.25) is 0 Å². The van der Waals surface area contributed by atoms with Gasteiger partial charge in [0.25, 0.3) is 0 Å². The lowest BCUT2D eigenvalue weighted by Gasteiger charge is -2.47. The minimum absolute atomic E-state index is 0.0726. The number of aliphatic hydroxyl groups excluding tert-OH is 1. The van der Waals surface area contributed by atoms with Gasteiger partial charge in [-0.15, -0.1) is 0 Å². The van der Waals surface area contributed by atoms with Gasteiger partial charge in [-0.3, -0.25) is 4.90 Å². The SMILES string of the molecule is CC1(C)CCC(N2CC[C@H](O)[C@@](O)(COc3cccc(Cl)c3)C2)CC1. The quantitative estimate of drug-likeness (QED) is 0.855. The van der Waals surface area contributed by atoms with E-state index in [4.69, 9.17) is 16.3 Å². The Hall–Kier alpha value is -0.810. The molecule has 1 aromatic carbocycles. The monoisotopic (exact) mass is 367 g/mol. The summed E-state index contributed by atoms with van der Waals surface area (Å²) in [6.45, 7) is 6.03. The van der Waals surface area contributed by atoms with Gasteiger partial charge >= 0.3 is 0 Å². The van der Waals surface area contributed by atoms with Gasteiger partial charge < -0.3 is 14.9 Å². The van der Waals surface area contributed by atoms with Crippen LogP contribution in [-0.4, -0.2) is 52.6 Å². The second-order valence-corrected chi connectivity index (χ2v) is 8.96. The molecule has 1 aromatic rings. The molecule has 0 amide bonds. The number of aliphatic hydroxyl groups is 2. The van der Waals surface area contributed by atoms with E-state index >= 15 is 0 Å². The van der Waals surface area contributed by atoms with Crippen molar-refractivity contribution in [2.24, 2.45) is 5.41 Å². The van der Waals surface area contributed by atoms with E-state index in [1.165, 1.54) is 12.8 Å². The zero-order chi connectivity index (χ0) is 18.1. The highest BCUT2D eigenvalue weighted by Crippen LogP contribution is 2.38. The first-order chi connectivity index (χ1) is 11.8. The Morgan fingerprint density at radius 1 is 1.24 bits per heavy atom. The Morgan fingerprint density at radius 3 is 2.64 bits per heavy atom. The van der Waals surface area contributed by atoms with Crippen LogP contribution >= 0.6 is 11.6 Å². The van der Waals surface area contributed by atoms with Crippen molar-refractivity contribution in [3.05, 3.63) is 29.3 Å². The van der Waals surface area contributed by atoms with E-state index in [-0.39, 0.29) is 6.61 Å². The normalized spacial score (nSPS) is 31.0. The van der Waals surface area contributed by atoms with Gasteiger partial charge in [0.15, 0.2) is 0 Å². The molecule has 0 unspecified atom stereocenters. The van der Waals surface area contributed by atoms with Crippen molar-refractivity contribution in [2.75, 3.05) is 19.7 Å². The number of hydrogen-bond acceptors (Lipinski definition) is 4. The third kappa shape index (κ3) is 4.68. The number of benzene rings is 1. The lowest BCUT2D eigenvalue weighted by Crippen LogP contribution is -2.62. The van der Waals surface area contributed by atoms with E-state index in [9.17, 15) is 10.2 Å². The smallest absolute Gasteiger partial charge is 0.137 e. The fourth-order valence-corrected chi connectivity index (χ4v) is 4.24. The Kier molecular flexibility index (Phi) is 5.64. The van der Waals surface area contributed by atoms with Gasteiger partial charge in [0.05, 0.1) is 6.10 Å². The lowest BCUT2D eigenvalue weighted by atomic mass is 9.74. The minimum atomic E-state index is -1.24. The van der Waals surface area contributed by atoms with Gasteiger partial charge in [-0.25, -0.2) is 0 Å². The summed E-state index contributed by atoms with van der Waals surface area (Å²) < 4.78 is 5.75. The molecule has 2 aliphatic rings. The van der Waals surface area contributed by atoms with Crippen molar-refractivity contribution in [1.82, 2.24) is 4.90 Å². The summed E-state index contributed by atoms with van der Waals surface area (Å²) in [4.78, 5) is 2.35. The molecule has 4 nitrogen and oxygen atoms in total. The molecule has 1 aliphatic heterocycles. The largest absolute Gasteiger partial charge is 0.490 e. The standard InChI is InChI=1S/C20H30ClNO3/c1-19(2)9-6-16(7-10-19)22-11-8-18(23)20(24,13-22)14-25-17-5-3-4-15(21)12-17/h3-5,12,16,18,23-24H,6-11,13-14H2,1-2H3/t18-,20-/m0/s1. The van der Waals surface area contributed by atoms with Crippen LogP contribution in [0.15, 0.2) is 24.3 Å². The summed E-state index contributed by atoms with van der Waals surface area (Å²) in [5, 5.41) is 22.0. The molecular weight excluding hydrogens is 338 g/mol. The van der Waals surface area contributed by atoms with E-state index < -0.39 is 11.7 Å². The zero-order valence-electron chi connectivity index (χ0n) is 15.2. The van der Waals surface area contributed by atoms with Gasteiger partial charge in [0, 0.05) is 24.2 Å². The highest BCUT2D eigenvalue weighted by Gasteiger charge is 2.44. The number of ether oxygens (including phenoxy) is 1. The summed E-state index contributed by atoms with van der Waals surface area (Å²) in [7, 11) is 0. The maximum absolute atomic E-state index is 11.0. The van der Waals surface area contributed by atoms with E-state index in [1.54, 1.807) is 12.1 Å². The second-order valence-electron chi connectivity index (χ2n) is 8.52. The van der Waals surface area contributed by atoms with Crippen molar-refractivity contribution in [3.63, 3.8) is 0 Å². The molecule has 0 aromatic heterocycles. The predicted molar refractivity (Wildman–Crippen MR) is 100 cm³/mol. The number of halogens is 1. The fourth-order valence-electron chi connectivity index (χ4n) is 4.06. The van der Waals surface area contributed by atoms with E-state index in [1.807, 2.05) is 12.1 Å². The van der Waals surface area contributed by atoms with E-state index in [0.29, 0.717) is 35.2 Å². The van der Waals surface area contributed by atoms with Crippen LogP contribution in [0.5, 0.6) is 5.75 Å². The summed E-state index contributed by atoms with van der Waals surface area (Å²) in [5.41, 5.74) is -0.814. The Morgan fingerprint density at radius 2 is 1.96 bits per heavy atom. The molecule has 0 radical (unpaired) electrons. The first kappa shape index (κ1) is 19.0. The van der Waals surface area contributed by atoms with Crippen LogP contribution in [0.4, 0.5) is 0 Å². The van der Waals surface area contributed by atoms with Crippen LogP contribution in [0.3, 0.4) is 0 Å². The van der Waals surface area contributed by atoms with Crippen LogP contribution in [0.25, 0.3) is 0 Å². The van der Waals surface area contributed by atoms with Crippen molar-refractivity contribution in [2.45, 2.75) is 63.7 Å². The Labute approximate surface area is 155 Å². The Bertz CT molecular complexity index is 584. The molecule has 2 N–H and O–H groups in total. The number of likely N-dealkylation sites (tertiary alicyclic amines) is 1. The van der Waals surface area contributed by atoms with Gasteiger partial charge in [-0.1, -0.05) is 31.5 Å². The molecule has 2 atom stereocenters. The highest BCUT2D eigenvalue weighted by molar-refractivity contribution is 6.30. The first-order valence-electron chi connectivity index (χ1n) is 9.30. The maximum Gasteiger partial charge on any atom is 0.137 e. The molecule has 1 saturated heterocycles. The second kappa shape index (κ2) is 7.43. The number of β-amino-alcohol motifs (C(OH)–C–C–N with tert-alkyl or cyclic N) is 1. The number of piperidine rings is 1. The van der Waals surface area contributed by atoms with Crippen LogP contribution in [0, 0.1) is 5.41 Å². The average molecular weight is 368 g/mol. The predicted octanol–water partition coefficient (Wildman–Crippen LogP) is 3.49. The van der Waals surface area contributed by atoms with Crippen LogP contribution in [0.2, 0.25) is 5.02 Å². The fraction of sp³-hybridized carbons (Fsp3) is 0.700. The molecule has 5 heteroatoms. The van der Waals surface area contributed by atoms with Crippen molar-refractivity contribution in [1.29, 1.82) is 0 Å². The molecule has 1 aliphatic carbocycles. The summed E-state index contributed by atoms with van der Waals surface area (Å²) in [6.07, 6.45) is 4.57. The molecule has 1 saturated carbocycles. The highest BCUT2D eigenvalue weighted by atomic mass is 35.5. The van der Waals surface area contributed by atoms with Gasteiger partial charge in [0.1, 0.15) is 18.0 Å². The molecule has 140 valence electrons. The molecule has 3 rings (SSSR count). The molecule has 0 bridgehead atoms. The number of nitrogens with zero attached hydrogens (tertiary/aromatic N) is 1. The molecular formula is C20H30ClNO3. The van der Waals surface area contributed by atoms with Crippen molar-refractivity contribution >= 4 is 11.6 Å². The topological polar surface area (TPSA) is 52.9 Å². The summed E-state index contributed by atoms with van der Waals surface area (Å²) >= 11 is 5.98. The Balaban J connectivity index is 1.61. The maximum atomic E-state index is 11.0. The summed E-state index contributed by atoms with van der Waals surface area (Å²) in [5.74, 6) is 0.615. The van der Waals surface area contributed by atoms with Crippen LogP contribution in [-0.2, 0) is 0 Å². The van der Waals surface area contributed by atoms with E-state index in [0.717, 1.165) is 19.4 Å². The van der Waals surface area contributed by atoms with Crippen LogP contribution in [0.1, 0.15) is 46.0 Å². The average Bonchev–Trinajstić information content (AvgIpc) is 2.56. The van der Waals surface area contributed by atoms with Gasteiger partial charge in [-0.2, -0.15) is 0 Å². The van der Waals surface area contributed by atoms with Crippen molar-refractivity contribution < 1.29 is 14.9 Å². The number of hydrogen-bond donors (Lipinski definition) is 2. The third-order valence-corrected chi connectivity index (χ3v) is 6.13. The molecule has 0 spiro atoms. The zero-order valence-corrected chi connectivity index (χ0v) is 16.0. The lowest BCUT2D eigenvalue weighted by molar-refractivity contribution is -0.148. The van der Waals surface area contributed by atoms with Gasteiger partial charge in [-0.05, 0) is 55.7 Å². The minimum Gasteiger partial charge on any atom is -0.490 e. The molecule has 2 fully saturated rings. The number of rotatable bonds is 4.